The topological polar surface area (TPSA) is 75.3 Å². The molecule has 134 valence electrons. The Hall–Kier alpha value is -2.57. The number of hydrogen-bond donors (Lipinski definition) is 2. The van der Waals surface area contributed by atoms with Crippen LogP contribution in [0.4, 0.5) is 0 Å². The molecule has 0 aliphatic carbocycles. The number of hydrogen-bond acceptors (Lipinski definition) is 4. The van der Waals surface area contributed by atoms with Gasteiger partial charge in [0.1, 0.15) is 0 Å². The van der Waals surface area contributed by atoms with Crippen molar-refractivity contribution in [1.82, 2.24) is 20.8 Å². The summed E-state index contributed by atoms with van der Waals surface area (Å²) in [5, 5.41) is 11.7. The molecule has 2 N–H and O–H groups in total. The zero-order valence-electron chi connectivity index (χ0n) is 14.0. The van der Waals surface area contributed by atoms with Crippen LogP contribution in [-0.4, -0.2) is 23.1 Å². The van der Waals surface area contributed by atoms with E-state index in [4.69, 9.17) is 27.7 Å². The number of aliphatic imine (C=N–C) groups is 1. The van der Waals surface area contributed by atoms with Crippen LogP contribution in [0.25, 0.3) is 11.4 Å². The van der Waals surface area contributed by atoms with E-state index in [9.17, 15) is 0 Å². The van der Waals surface area contributed by atoms with Gasteiger partial charge in [-0.2, -0.15) is 4.98 Å². The predicted molar refractivity (Wildman–Crippen MR) is 103 cm³/mol. The van der Waals surface area contributed by atoms with Crippen LogP contribution in [0.1, 0.15) is 11.5 Å². The fourth-order valence-electron chi connectivity index (χ4n) is 2.26. The zero-order valence-corrected chi connectivity index (χ0v) is 15.6. The molecule has 0 radical (unpaired) electrons. The third-order valence-electron chi connectivity index (χ3n) is 3.55. The summed E-state index contributed by atoms with van der Waals surface area (Å²) in [4.78, 5) is 8.53. The summed E-state index contributed by atoms with van der Waals surface area (Å²) in [6, 6.07) is 14.9. The van der Waals surface area contributed by atoms with Gasteiger partial charge in [0.15, 0.2) is 5.96 Å². The molecule has 1 aromatic heterocycles. The molecular weight excluding hydrogens is 373 g/mol. The van der Waals surface area contributed by atoms with E-state index in [1.54, 1.807) is 19.2 Å². The lowest BCUT2D eigenvalue weighted by atomic mass is 10.2. The van der Waals surface area contributed by atoms with Crippen LogP contribution in [0.3, 0.4) is 0 Å². The van der Waals surface area contributed by atoms with Crippen molar-refractivity contribution in [2.75, 3.05) is 7.05 Å². The fraction of sp³-hybridized carbons (Fsp3) is 0.167. The Labute approximate surface area is 161 Å². The Kier molecular flexibility index (Phi) is 6.09. The van der Waals surface area contributed by atoms with Crippen LogP contribution in [0.2, 0.25) is 10.0 Å². The predicted octanol–water partition coefficient (Wildman–Crippen LogP) is 3.91. The van der Waals surface area contributed by atoms with Gasteiger partial charge in [-0.3, -0.25) is 4.99 Å². The molecule has 8 heteroatoms. The molecular formula is C18H17Cl2N5O. The van der Waals surface area contributed by atoms with Gasteiger partial charge in [-0.15, -0.1) is 0 Å². The van der Waals surface area contributed by atoms with E-state index in [2.05, 4.69) is 25.8 Å². The lowest BCUT2D eigenvalue weighted by Gasteiger charge is -2.10. The van der Waals surface area contributed by atoms with Crippen LogP contribution in [0.5, 0.6) is 0 Å². The maximum Gasteiger partial charge on any atom is 0.246 e. The van der Waals surface area contributed by atoms with E-state index < -0.39 is 0 Å². The van der Waals surface area contributed by atoms with Crippen molar-refractivity contribution in [1.29, 1.82) is 0 Å². The Morgan fingerprint density at radius 2 is 1.81 bits per heavy atom. The van der Waals surface area contributed by atoms with Crippen LogP contribution >= 0.6 is 23.2 Å². The standard InChI is InChI=1S/C18H17Cl2N5O/c1-21-18(22-10-12-3-2-4-15(20)9-12)23-11-16-24-17(25-26-16)13-5-7-14(19)8-6-13/h2-9H,10-11H2,1H3,(H2,21,22,23). The molecule has 0 aliphatic rings. The maximum absolute atomic E-state index is 5.99. The third kappa shape index (κ3) is 4.97. The number of halogens is 2. The lowest BCUT2D eigenvalue weighted by Crippen LogP contribution is -2.36. The molecule has 0 saturated heterocycles. The molecule has 6 nitrogen and oxygen atoms in total. The van der Waals surface area contributed by atoms with E-state index in [-0.39, 0.29) is 0 Å². The highest BCUT2D eigenvalue weighted by Crippen LogP contribution is 2.18. The smallest absolute Gasteiger partial charge is 0.246 e. The first-order valence-electron chi connectivity index (χ1n) is 7.91. The first-order valence-corrected chi connectivity index (χ1v) is 8.67. The molecule has 26 heavy (non-hydrogen) atoms. The Bertz CT molecular complexity index is 893. The minimum absolute atomic E-state index is 0.357. The summed E-state index contributed by atoms with van der Waals surface area (Å²) in [6.07, 6.45) is 0. The first-order chi connectivity index (χ1) is 12.6. The maximum atomic E-state index is 5.99. The molecule has 0 aliphatic heterocycles. The minimum Gasteiger partial charge on any atom is -0.352 e. The summed E-state index contributed by atoms with van der Waals surface area (Å²) in [5.41, 5.74) is 1.90. The van der Waals surface area contributed by atoms with Gasteiger partial charge in [-0.1, -0.05) is 40.5 Å². The normalized spacial score (nSPS) is 11.4. The third-order valence-corrected chi connectivity index (χ3v) is 4.04. The highest BCUT2D eigenvalue weighted by molar-refractivity contribution is 6.30. The fourth-order valence-corrected chi connectivity index (χ4v) is 2.59. The van der Waals surface area contributed by atoms with Crippen LogP contribution in [0.15, 0.2) is 58.0 Å². The quantitative estimate of drug-likeness (QED) is 0.510. The second-order valence-electron chi connectivity index (χ2n) is 5.43. The van der Waals surface area contributed by atoms with Crippen molar-refractivity contribution in [3.05, 3.63) is 70.0 Å². The SMILES string of the molecule is CN=C(NCc1cccc(Cl)c1)NCc1nc(-c2ccc(Cl)cc2)no1. The van der Waals surface area contributed by atoms with Gasteiger partial charge in [-0.25, -0.2) is 0 Å². The molecule has 3 rings (SSSR count). The van der Waals surface area contributed by atoms with Crippen molar-refractivity contribution in [2.45, 2.75) is 13.1 Å². The van der Waals surface area contributed by atoms with Crippen LogP contribution in [0, 0.1) is 0 Å². The van der Waals surface area contributed by atoms with Crippen molar-refractivity contribution >= 4 is 29.2 Å². The number of rotatable bonds is 5. The average Bonchev–Trinajstić information content (AvgIpc) is 3.11. The van der Waals surface area contributed by atoms with Crippen molar-refractivity contribution < 1.29 is 4.52 Å². The van der Waals surface area contributed by atoms with Crippen molar-refractivity contribution in [2.24, 2.45) is 4.99 Å². The lowest BCUT2D eigenvalue weighted by molar-refractivity contribution is 0.375. The monoisotopic (exact) mass is 389 g/mol. The molecule has 0 unspecified atom stereocenters. The summed E-state index contributed by atoms with van der Waals surface area (Å²) in [5.74, 6) is 1.59. The Balaban J connectivity index is 1.55. The number of guanidine groups is 1. The van der Waals surface area contributed by atoms with Gasteiger partial charge in [0, 0.05) is 29.2 Å². The molecule has 0 saturated carbocycles. The number of aromatic nitrogens is 2. The summed E-state index contributed by atoms with van der Waals surface area (Å²) in [6.45, 7) is 0.954. The number of benzene rings is 2. The molecule has 0 fully saturated rings. The Morgan fingerprint density at radius 3 is 2.54 bits per heavy atom. The largest absolute Gasteiger partial charge is 0.352 e. The first kappa shape index (κ1) is 18.2. The Morgan fingerprint density at radius 1 is 1.04 bits per heavy atom. The van der Waals surface area contributed by atoms with E-state index in [1.165, 1.54) is 0 Å². The molecule has 1 heterocycles. The molecule has 0 spiro atoms. The van der Waals surface area contributed by atoms with Gasteiger partial charge in [0.2, 0.25) is 11.7 Å². The summed E-state index contributed by atoms with van der Waals surface area (Å²) in [7, 11) is 1.69. The zero-order chi connectivity index (χ0) is 18.4. The summed E-state index contributed by atoms with van der Waals surface area (Å²) < 4.78 is 5.27. The average molecular weight is 390 g/mol. The van der Waals surface area contributed by atoms with Crippen LogP contribution < -0.4 is 10.6 Å². The number of nitrogens with one attached hydrogen (secondary N) is 2. The van der Waals surface area contributed by atoms with E-state index in [1.807, 2.05) is 36.4 Å². The number of nitrogens with zero attached hydrogens (tertiary/aromatic N) is 3. The molecule has 0 amide bonds. The van der Waals surface area contributed by atoms with E-state index in [0.29, 0.717) is 40.8 Å². The minimum atomic E-state index is 0.357. The van der Waals surface area contributed by atoms with Gasteiger partial charge in [0.25, 0.3) is 0 Å². The van der Waals surface area contributed by atoms with Crippen molar-refractivity contribution in [3.8, 4) is 11.4 Å². The van der Waals surface area contributed by atoms with Crippen LogP contribution in [-0.2, 0) is 13.1 Å². The highest BCUT2D eigenvalue weighted by atomic mass is 35.5. The highest BCUT2D eigenvalue weighted by Gasteiger charge is 2.09. The summed E-state index contributed by atoms with van der Waals surface area (Å²) >= 11 is 11.9. The van der Waals surface area contributed by atoms with Gasteiger partial charge in [0.05, 0.1) is 6.54 Å². The second-order valence-corrected chi connectivity index (χ2v) is 6.30. The molecule has 2 aromatic carbocycles. The van der Waals surface area contributed by atoms with Gasteiger partial charge in [-0.05, 0) is 42.0 Å². The van der Waals surface area contributed by atoms with E-state index >= 15 is 0 Å². The van der Waals surface area contributed by atoms with E-state index in [0.717, 1.165) is 11.1 Å². The molecule has 0 bridgehead atoms. The van der Waals surface area contributed by atoms with Crippen molar-refractivity contribution in [3.63, 3.8) is 0 Å². The second kappa shape index (κ2) is 8.69. The molecule has 0 atom stereocenters. The molecule has 3 aromatic rings. The van der Waals surface area contributed by atoms with Gasteiger partial charge >= 0.3 is 0 Å². The van der Waals surface area contributed by atoms with Gasteiger partial charge < -0.3 is 15.2 Å².